The molecular weight excluding hydrogens is 282 g/mol. The molecule has 0 aliphatic rings. The predicted octanol–water partition coefficient (Wildman–Crippen LogP) is 3.67. The van der Waals surface area contributed by atoms with Crippen molar-refractivity contribution in [1.29, 1.82) is 0 Å². The fourth-order valence-corrected chi connectivity index (χ4v) is 1.44. The Morgan fingerprint density at radius 3 is 2.58 bits per heavy atom. The molecule has 0 aromatic heterocycles. The van der Waals surface area contributed by atoms with Crippen molar-refractivity contribution in [3.63, 3.8) is 0 Å². The van der Waals surface area contributed by atoms with E-state index >= 15 is 0 Å². The molecule has 3 heteroatoms. The highest BCUT2D eigenvalue weighted by molar-refractivity contribution is 9.28. The standard InChI is InChI=1S/C9H9Br2N/c1-6-2-3-7(5-9(10)11)8(12)4-6/h2-5H,12H2,1H3. The predicted molar refractivity (Wildman–Crippen MR) is 61.4 cm³/mol. The van der Waals surface area contributed by atoms with E-state index in [1.165, 1.54) is 5.56 Å². The van der Waals surface area contributed by atoms with E-state index in [1.807, 2.05) is 31.2 Å². The van der Waals surface area contributed by atoms with Crippen LogP contribution in [0.1, 0.15) is 11.1 Å². The van der Waals surface area contributed by atoms with E-state index < -0.39 is 0 Å². The maximum atomic E-state index is 5.78. The molecule has 0 spiro atoms. The number of rotatable bonds is 1. The van der Waals surface area contributed by atoms with Crippen LogP contribution in [0.4, 0.5) is 5.69 Å². The van der Waals surface area contributed by atoms with E-state index in [1.54, 1.807) is 0 Å². The first-order valence-corrected chi connectivity index (χ1v) is 5.07. The fourth-order valence-electron chi connectivity index (χ4n) is 0.943. The summed E-state index contributed by atoms with van der Waals surface area (Å²) in [5, 5.41) is 0. The van der Waals surface area contributed by atoms with Gasteiger partial charge in [-0.15, -0.1) is 0 Å². The summed E-state index contributed by atoms with van der Waals surface area (Å²) < 4.78 is 0.894. The van der Waals surface area contributed by atoms with E-state index in [9.17, 15) is 0 Å². The van der Waals surface area contributed by atoms with Crippen LogP contribution in [0.2, 0.25) is 0 Å². The van der Waals surface area contributed by atoms with Crippen LogP contribution in [-0.4, -0.2) is 0 Å². The minimum absolute atomic E-state index is 0.798. The zero-order chi connectivity index (χ0) is 9.14. The highest BCUT2D eigenvalue weighted by Gasteiger charge is 1.95. The molecule has 12 heavy (non-hydrogen) atoms. The number of nitrogen functional groups attached to an aromatic ring is 1. The molecule has 1 rings (SSSR count). The van der Waals surface area contributed by atoms with Crippen LogP contribution in [-0.2, 0) is 0 Å². The molecule has 0 atom stereocenters. The molecule has 0 aliphatic heterocycles. The lowest BCUT2D eigenvalue weighted by atomic mass is 10.1. The van der Waals surface area contributed by atoms with Gasteiger partial charge in [0.15, 0.2) is 0 Å². The van der Waals surface area contributed by atoms with Gasteiger partial charge in [0.25, 0.3) is 0 Å². The largest absolute Gasteiger partial charge is 0.398 e. The topological polar surface area (TPSA) is 26.0 Å². The molecule has 0 radical (unpaired) electrons. The summed E-state index contributed by atoms with van der Waals surface area (Å²) in [7, 11) is 0. The second-order valence-corrected chi connectivity index (χ2v) is 5.34. The first-order chi connectivity index (χ1) is 5.59. The van der Waals surface area contributed by atoms with Crippen LogP contribution < -0.4 is 5.73 Å². The van der Waals surface area contributed by atoms with Gasteiger partial charge in [0.2, 0.25) is 0 Å². The lowest BCUT2D eigenvalue weighted by Gasteiger charge is -2.01. The van der Waals surface area contributed by atoms with Crippen LogP contribution in [0.25, 0.3) is 6.08 Å². The molecule has 1 aromatic carbocycles. The second kappa shape index (κ2) is 4.10. The molecule has 1 aromatic rings. The Kier molecular flexibility index (Phi) is 3.35. The third-order valence-corrected chi connectivity index (χ3v) is 1.96. The molecule has 0 fully saturated rings. The highest BCUT2D eigenvalue weighted by atomic mass is 79.9. The lowest BCUT2D eigenvalue weighted by Crippen LogP contribution is -1.89. The van der Waals surface area contributed by atoms with E-state index in [0.29, 0.717) is 0 Å². The number of halogens is 2. The molecule has 0 heterocycles. The maximum Gasteiger partial charge on any atom is 0.0610 e. The Morgan fingerprint density at radius 2 is 2.08 bits per heavy atom. The Balaban J connectivity index is 3.10. The van der Waals surface area contributed by atoms with Crippen LogP contribution in [0.3, 0.4) is 0 Å². The van der Waals surface area contributed by atoms with Crippen LogP contribution in [0.5, 0.6) is 0 Å². The van der Waals surface area contributed by atoms with Gasteiger partial charge in [0.1, 0.15) is 0 Å². The van der Waals surface area contributed by atoms with Crippen molar-refractivity contribution >= 4 is 43.6 Å². The van der Waals surface area contributed by atoms with Gasteiger partial charge in [-0.05, 0) is 62.1 Å². The Morgan fingerprint density at radius 1 is 1.42 bits per heavy atom. The van der Waals surface area contributed by atoms with Crippen molar-refractivity contribution in [2.45, 2.75) is 6.92 Å². The first-order valence-electron chi connectivity index (χ1n) is 3.48. The third-order valence-electron chi connectivity index (χ3n) is 1.51. The number of benzene rings is 1. The van der Waals surface area contributed by atoms with Crippen molar-refractivity contribution in [1.82, 2.24) is 0 Å². The van der Waals surface area contributed by atoms with Gasteiger partial charge < -0.3 is 5.73 Å². The van der Waals surface area contributed by atoms with E-state index in [-0.39, 0.29) is 0 Å². The number of anilines is 1. The maximum absolute atomic E-state index is 5.78. The minimum Gasteiger partial charge on any atom is -0.398 e. The monoisotopic (exact) mass is 289 g/mol. The average molecular weight is 291 g/mol. The summed E-state index contributed by atoms with van der Waals surface area (Å²) in [6, 6.07) is 5.98. The van der Waals surface area contributed by atoms with Gasteiger partial charge in [-0.1, -0.05) is 12.1 Å². The van der Waals surface area contributed by atoms with Crippen LogP contribution in [0, 0.1) is 6.92 Å². The Labute approximate surface area is 88.9 Å². The minimum atomic E-state index is 0.798. The normalized spacial score (nSPS) is 9.58. The highest BCUT2D eigenvalue weighted by Crippen LogP contribution is 2.22. The van der Waals surface area contributed by atoms with Crippen molar-refractivity contribution in [2.75, 3.05) is 5.73 Å². The SMILES string of the molecule is Cc1ccc(C=C(Br)Br)c(N)c1. The molecule has 2 N–H and O–H groups in total. The van der Waals surface area contributed by atoms with Crippen LogP contribution >= 0.6 is 31.9 Å². The molecule has 64 valence electrons. The molecule has 0 bridgehead atoms. The average Bonchev–Trinajstić information content (AvgIpc) is 1.94. The third kappa shape index (κ3) is 2.64. The molecule has 0 aliphatic carbocycles. The van der Waals surface area contributed by atoms with Crippen molar-refractivity contribution in [3.8, 4) is 0 Å². The second-order valence-electron chi connectivity index (χ2n) is 2.57. The summed E-state index contributed by atoms with van der Waals surface area (Å²) in [6.07, 6.45) is 1.93. The van der Waals surface area contributed by atoms with Crippen molar-refractivity contribution in [2.24, 2.45) is 0 Å². The Bertz CT molecular complexity index is 314. The first kappa shape index (κ1) is 9.81. The number of hydrogen-bond acceptors (Lipinski definition) is 1. The molecular formula is C9H9Br2N. The fraction of sp³-hybridized carbons (Fsp3) is 0.111. The van der Waals surface area contributed by atoms with E-state index in [4.69, 9.17) is 5.73 Å². The van der Waals surface area contributed by atoms with Gasteiger partial charge in [0, 0.05) is 5.69 Å². The van der Waals surface area contributed by atoms with Gasteiger partial charge in [-0.2, -0.15) is 0 Å². The number of nitrogens with two attached hydrogens (primary N) is 1. The van der Waals surface area contributed by atoms with E-state index in [0.717, 1.165) is 14.6 Å². The van der Waals surface area contributed by atoms with Gasteiger partial charge in [0.05, 0.1) is 3.39 Å². The summed E-state index contributed by atoms with van der Waals surface area (Å²) >= 11 is 6.57. The quantitative estimate of drug-likeness (QED) is 0.785. The van der Waals surface area contributed by atoms with Crippen molar-refractivity contribution in [3.05, 3.63) is 32.7 Å². The summed E-state index contributed by atoms with van der Waals surface area (Å²) in [4.78, 5) is 0. The zero-order valence-electron chi connectivity index (χ0n) is 6.64. The summed E-state index contributed by atoms with van der Waals surface area (Å²) in [6.45, 7) is 2.02. The van der Waals surface area contributed by atoms with Gasteiger partial charge >= 0.3 is 0 Å². The van der Waals surface area contributed by atoms with Crippen molar-refractivity contribution < 1.29 is 0 Å². The summed E-state index contributed by atoms with van der Waals surface area (Å²) in [5.74, 6) is 0. The molecule has 0 amide bonds. The molecule has 0 unspecified atom stereocenters. The molecule has 0 saturated heterocycles. The van der Waals surface area contributed by atoms with Gasteiger partial charge in [-0.3, -0.25) is 0 Å². The van der Waals surface area contributed by atoms with Gasteiger partial charge in [-0.25, -0.2) is 0 Å². The smallest absolute Gasteiger partial charge is 0.0610 e. The Hall–Kier alpha value is -0.280. The zero-order valence-corrected chi connectivity index (χ0v) is 9.81. The number of aryl methyl sites for hydroxylation is 1. The summed E-state index contributed by atoms with van der Waals surface area (Å²) in [5.41, 5.74) is 8.78. The molecule has 0 saturated carbocycles. The molecule has 1 nitrogen and oxygen atoms in total. The van der Waals surface area contributed by atoms with E-state index in [2.05, 4.69) is 31.9 Å². The lowest BCUT2D eigenvalue weighted by molar-refractivity contribution is 1.46. The number of hydrogen-bond donors (Lipinski definition) is 1. The van der Waals surface area contributed by atoms with Crippen LogP contribution in [0.15, 0.2) is 21.6 Å².